The van der Waals surface area contributed by atoms with E-state index < -0.39 is 23.9 Å². The van der Waals surface area contributed by atoms with Crippen LogP contribution in [-0.2, 0) is 40.2 Å². The smallest absolute Gasteiger partial charge is 0.550 e. The first-order chi connectivity index (χ1) is 18.5. The maximum absolute atomic E-state index is 9.93. The molecule has 0 bridgehead atoms. The van der Waals surface area contributed by atoms with Crippen LogP contribution in [0.15, 0.2) is 0 Å². The van der Waals surface area contributed by atoms with Gasteiger partial charge in [0.25, 0.3) is 0 Å². The molecule has 8 nitrogen and oxygen atoms in total. The van der Waals surface area contributed by atoms with Crippen molar-refractivity contribution in [3.05, 3.63) is 0 Å². The fraction of sp³-hybridized carbons (Fsp3) is 0.875. The maximum Gasteiger partial charge on any atom is 4.00 e. The minimum absolute atomic E-state index is 0. The fourth-order valence-electron chi connectivity index (χ4n) is 3.29. The quantitative estimate of drug-likeness (QED) is 0.170. The number of carbonyl (C=O) groups is 4. The third-order valence-electron chi connectivity index (χ3n) is 5.65. The van der Waals surface area contributed by atoms with Crippen LogP contribution < -0.4 is 20.4 Å². The zero-order chi connectivity index (χ0) is 31.9. The molecule has 0 saturated heterocycles. The normalized spacial score (nSPS) is 10.0. The van der Waals surface area contributed by atoms with Crippen molar-refractivity contribution < 1.29 is 60.7 Å². The third kappa shape index (κ3) is 73.1. The Morgan fingerprint density at radius 1 is 0.366 bits per heavy atom. The molecule has 0 spiro atoms. The van der Waals surface area contributed by atoms with E-state index in [0.29, 0.717) is 23.7 Å². The van der Waals surface area contributed by atoms with Crippen LogP contribution in [0.25, 0.3) is 0 Å². The van der Waals surface area contributed by atoms with E-state index >= 15 is 0 Å². The molecule has 41 heavy (non-hydrogen) atoms. The third-order valence-corrected chi connectivity index (χ3v) is 5.65. The van der Waals surface area contributed by atoms with E-state index in [1.165, 1.54) is 0 Å². The molecule has 0 N–H and O–H groups in total. The van der Waals surface area contributed by atoms with Crippen LogP contribution in [0.5, 0.6) is 0 Å². The standard InChI is InChI=1S/4C8H16O2.W/c4*1-7(2)5-3-4-6-8(9)10;/h4*7H,3-6H2,1-2H3,(H,9,10);/q;;;;+4/p-4. The number of hydrogen-bond acceptors (Lipinski definition) is 8. The Balaban J connectivity index is -0.000000139. The molecular formula is C32H60O8W. The molecule has 0 amide bonds. The Morgan fingerprint density at radius 3 is 0.610 bits per heavy atom. The van der Waals surface area contributed by atoms with E-state index in [0.717, 1.165) is 77.0 Å². The van der Waals surface area contributed by atoms with Crippen molar-refractivity contribution in [3.8, 4) is 0 Å². The molecule has 0 aliphatic carbocycles. The summed E-state index contributed by atoms with van der Waals surface area (Å²) in [7, 11) is 0. The minimum Gasteiger partial charge on any atom is -0.550 e. The summed E-state index contributed by atoms with van der Waals surface area (Å²) >= 11 is 0. The average molecular weight is 757 g/mol. The predicted molar refractivity (Wildman–Crippen MR) is 153 cm³/mol. The van der Waals surface area contributed by atoms with Gasteiger partial charge in [0.1, 0.15) is 0 Å². The monoisotopic (exact) mass is 756 g/mol. The molecule has 0 aromatic heterocycles. The van der Waals surface area contributed by atoms with E-state index in [4.69, 9.17) is 0 Å². The van der Waals surface area contributed by atoms with Crippen molar-refractivity contribution >= 4 is 23.9 Å². The van der Waals surface area contributed by atoms with Gasteiger partial charge in [0.15, 0.2) is 0 Å². The fourth-order valence-corrected chi connectivity index (χ4v) is 3.29. The summed E-state index contributed by atoms with van der Waals surface area (Å²) in [6.07, 6.45) is 12.4. The second-order valence-electron chi connectivity index (χ2n) is 12.0. The summed E-state index contributed by atoms with van der Waals surface area (Å²) in [4.78, 5) is 39.7. The number of hydrogen-bond donors (Lipinski definition) is 0. The van der Waals surface area contributed by atoms with Gasteiger partial charge >= 0.3 is 21.1 Å². The second kappa shape index (κ2) is 36.6. The second-order valence-corrected chi connectivity index (χ2v) is 12.0. The van der Waals surface area contributed by atoms with Crippen molar-refractivity contribution in [1.29, 1.82) is 0 Å². The van der Waals surface area contributed by atoms with Gasteiger partial charge in [-0.25, -0.2) is 0 Å². The molecule has 9 heteroatoms. The van der Waals surface area contributed by atoms with E-state index in [1.54, 1.807) is 0 Å². The number of aliphatic carboxylic acids is 4. The van der Waals surface area contributed by atoms with Crippen LogP contribution in [0.1, 0.15) is 158 Å². The SMILES string of the molecule is CC(C)CCCCC(=O)[O-].CC(C)CCCCC(=O)[O-].CC(C)CCCCC(=O)[O-].CC(C)CCCCC(=O)[O-].[W+4]. The van der Waals surface area contributed by atoms with Crippen molar-refractivity contribution in [2.24, 2.45) is 23.7 Å². The summed E-state index contributed by atoms with van der Waals surface area (Å²) in [6.45, 7) is 17.1. The molecule has 0 aromatic carbocycles. The van der Waals surface area contributed by atoms with Crippen LogP contribution in [0.4, 0.5) is 0 Å². The molecule has 0 atom stereocenters. The first kappa shape index (κ1) is 49.3. The number of carbonyl (C=O) groups excluding carboxylic acids is 4. The molecule has 0 aliphatic heterocycles. The predicted octanol–water partition coefficient (Wildman–Crippen LogP) is 3.81. The molecule has 0 aromatic rings. The van der Waals surface area contributed by atoms with Gasteiger partial charge in [-0.2, -0.15) is 0 Å². The molecular weight excluding hydrogens is 696 g/mol. The molecule has 0 radical (unpaired) electrons. The average Bonchev–Trinajstić information content (AvgIpc) is 2.80. The summed E-state index contributed by atoms with van der Waals surface area (Å²) in [5.74, 6) is -0.980. The zero-order valence-electron chi connectivity index (χ0n) is 27.3. The summed E-state index contributed by atoms with van der Waals surface area (Å²) < 4.78 is 0. The van der Waals surface area contributed by atoms with Crippen molar-refractivity contribution in [2.75, 3.05) is 0 Å². The van der Waals surface area contributed by atoms with E-state index in [2.05, 4.69) is 55.4 Å². The summed E-state index contributed by atoms with van der Waals surface area (Å²) in [6, 6.07) is 0. The number of carboxylic acids is 4. The maximum atomic E-state index is 9.93. The number of unbranched alkanes of at least 4 members (excludes halogenated alkanes) is 4. The molecule has 0 saturated carbocycles. The van der Waals surface area contributed by atoms with Gasteiger partial charge in [-0.05, 0) is 75.0 Å². The van der Waals surface area contributed by atoms with Crippen LogP contribution in [0.2, 0.25) is 0 Å². The van der Waals surface area contributed by atoms with Crippen LogP contribution in [0.3, 0.4) is 0 Å². The summed E-state index contributed by atoms with van der Waals surface area (Å²) in [5, 5.41) is 39.7. The van der Waals surface area contributed by atoms with Gasteiger partial charge in [-0.15, -0.1) is 0 Å². The van der Waals surface area contributed by atoms with Gasteiger partial charge in [0.2, 0.25) is 0 Å². The van der Waals surface area contributed by atoms with Crippen LogP contribution in [-0.4, -0.2) is 23.9 Å². The molecule has 0 rings (SSSR count). The first-order valence-corrected chi connectivity index (χ1v) is 15.3. The van der Waals surface area contributed by atoms with Gasteiger partial charge in [-0.1, -0.05) is 107 Å². The van der Waals surface area contributed by atoms with E-state index in [9.17, 15) is 39.6 Å². The Hall–Kier alpha value is -1.43. The molecule has 0 fully saturated rings. The van der Waals surface area contributed by atoms with Crippen molar-refractivity contribution in [2.45, 2.75) is 158 Å². The zero-order valence-corrected chi connectivity index (χ0v) is 30.2. The molecule has 242 valence electrons. The first-order valence-electron chi connectivity index (χ1n) is 15.3. The van der Waals surface area contributed by atoms with Gasteiger partial charge in [0, 0.05) is 23.9 Å². The molecule has 0 unspecified atom stereocenters. The van der Waals surface area contributed by atoms with Gasteiger partial charge in [-0.3, -0.25) is 0 Å². The summed E-state index contributed by atoms with van der Waals surface area (Å²) in [5.41, 5.74) is 0. The topological polar surface area (TPSA) is 161 Å². The Bertz CT molecular complexity index is 501. The minimum atomic E-state index is -0.927. The Labute approximate surface area is 265 Å². The Morgan fingerprint density at radius 2 is 0.512 bits per heavy atom. The number of carboxylic acid groups (broad SMARTS) is 4. The van der Waals surface area contributed by atoms with Crippen LogP contribution in [0, 0.1) is 23.7 Å². The van der Waals surface area contributed by atoms with Gasteiger partial charge in [0.05, 0.1) is 0 Å². The molecule has 0 heterocycles. The van der Waals surface area contributed by atoms with Gasteiger partial charge < -0.3 is 39.6 Å². The van der Waals surface area contributed by atoms with Crippen molar-refractivity contribution in [3.63, 3.8) is 0 Å². The molecule has 0 aliphatic rings. The Kier molecular flexibility index (Phi) is 44.0. The number of rotatable bonds is 20. The van der Waals surface area contributed by atoms with Crippen molar-refractivity contribution in [1.82, 2.24) is 0 Å². The van der Waals surface area contributed by atoms with E-state index in [1.807, 2.05) is 0 Å². The largest absolute Gasteiger partial charge is 4.00 e. The van der Waals surface area contributed by atoms with Crippen LogP contribution >= 0.6 is 0 Å². The van der Waals surface area contributed by atoms with E-state index in [-0.39, 0.29) is 46.7 Å².